The SMILES string of the molecule is CC(C)Cc1cc2cccnc2c2ncccc12. The van der Waals surface area contributed by atoms with E-state index in [4.69, 9.17) is 0 Å². The lowest BCUT2D eigenvalue weighted by Crippen LogP contribution is -1.97. The van der Waals surface area contributed by atoms with E-state index in [0.717, 1.165) is 17.5 Å². The van der Waals surface area contributed by atoms with Crippen LogP contribution in [-0.4, -0.2) is 9.97 Å². The second-order valence-electron chi connectivity index (χ2n) is 5.11. The molecule has 3 aromatic rings. The Bertz CT molecular complexity index is 702. The van der Waals surface area contributed by atoms with E-state index in [0.29, 0.717) is 5.92 Å². The van der Waals surface area contributed by atoms with Gasteiger partial charge in [0.2, 0.25) is 0 Å². The summed E-state index contributed by atoms with van der Waals surface area (Å²) < 4.78 is 0. The molecule has 0 spiro atoms. The van der Waals surface area contributed by atoms with E-state index < -0.39 is 0 Å². The molecular weight excluding hydrogens is 220 g/mol. The predicted octanol–water partition coefficient (Wildman–Crippen LogP) is 3.98. The third kappa shape index (κ3) is 1.84. The fourth-order valence-corrected chi connectivity index (χ4v) is 2.46. The Morgan fingerprint density at radius 3 is 2.50 bits per heavy atom. The Kier molecular flexibility index (Phi) is 2.71. The lowest BCUT2D eigenvalue weighted by atomic mass is 9.96. The summed E-state index contributed by atoms with van der Waals surface area (Å²) in [5.41, 5.74) is 3.39. The number of hydrogen-bond acceptors (Lipinski definition) is 2. The van der Waals surface area contributed by atoms with Crippen LogP contribution in [0.3, 0.4) is 0 Å². The molecule has 0 radical (unpaired) electrons. The van der Waals surface area contributed by atoms with Crippen molar-refractivity contribution in [2.24, 2.45) is 5.92 Å². The Labute approximate surface area is 107 Å². The largest absolute Gasteiger partial charge is 0.254 e. The zero-order valence-electron chi connectivity index (χ0n) is 10.7. The van der Waals surface area contributed by atoms with Crippen molar-refractivity contribution in [1.29, 1.82) is 0 Å². The quantitative estimate of drug-likeness (QED) is 0.629. The first kappa shape index (κ1) is 11.1. The number of rotatable bonds is 2. The van der Waals surface area contributed by atoms with E-state index >= 15 is 0 Å². The van der Waals surface area contributed by atoms with E-state index in [-0.39, 0.29) is 0 Å². The lowest BCUT2D eigenvalue weighted by molar-refractivity contribution is 0.650. The summed E-state index contributed by atoms with van der Waals surface area (Å²) in [6, 6.07) is 10.5. The fourth-order valence-electron chi connectivity index (χ4n) is 2.46. The molecule has 0 N–H and O–H groups in total. The highest BCUT2D eigenvalue weighted by Crippen LogP contribution is 2.27. The summed E-state index contributed by atoms with van der Waals surface area (Å²) in [6.07, 6.45) is 4.75. The summed E-state index contributed by atoms with van der Waals surface area (Å²) in [5.74, 6) is 0.641. The molecule has 0 saturated carbocycles. The van der Waals surface area contributed by atoms with Gasteiger partial charge in [-0.2, -0.15) is 0 Å². The highest BCUT2D eigenvalue weighted by atomic mass is 14.7. The van der Waals surface area contributed by atoms with Crippen LogP contribution in [0.4, 0.5) is 0 Å². The average molecular weight is 236 g/mol. The summed E-state index contributed by atoms with van der Waals surface area (Å²) in [5, 5.41) is 2.41. The van der Waals surface area contributed by atoms with Crippen molar-refractivity contribution >= 4 is 21.8 Å². The molecule has 0 saturated heterocycles. The van der Waals surface area contributed by atoms with Gasteiger partial charge < -0.3 is 0 Å². The fraction of sp³-hybridized carbons (Fsp3) is 0.250. The van der Waals surface area contributed by atoms with Crippen LogP contribution in [0.15, 0.2) is 42.7 Å². The standard InChI is InChI=1S/C16H16N2/c1-11(2)9-13-10-12-5-3-7-17-15(12)16-14(13)6-4-8-18-16/h3-8,10-11H,9H2,1-2H3. The van der Waals surface area contributed by atoms with Gasteiger partial charge >= 0.3 is 0 Å². The van der Waals surface area contributed by atoms with E-state index in [2.05, 4.69) is 42.0 Å². The number of fused-ring (bicyclic) bond motifs is 3. The van der Waals surface area contributed by atoms with Crippen molar-refractivity contribution in [1.82, 2.24) is 9.97 Å². The van der Waals surface area contributed by atoms with Gasteiger partial charge in [-0.3, -0.25) is 9.97 Å². The van der Waals surface area contributed by atoms with Gasteiger partial charge in [-0.05, 0) is 36.1 Å². The van der Waals surface area contributed by atoms with Crippen LogP contribution in [-0.2, 0) is 6.42 Å². The molecule has 0 amide bonds. The highest BCUT2D eigenvalue weighted by molar-refractivity contribution is 6.04. The topological polar surface area (TPSA) is 25.8 Å². The minimum absolute atomic E-state index is 0.641. The molecule has 3 rings (SSSR count). The number of benzene rings is 1. The van der Waals surface area contributed by atoms with Gasteiger partial charge in [-0.1, -0.05) is 26.0 Å². The van der Waals surface area contributed by atoms with Crippen LogP contribution in [0.1, 0.15) is 19.4 Å². The van der Waals surface area contributed by atoms with Crippen LogP contribution < -0.4 is 0 Å². The number of aromatic nitrogens is 2. The average Bonchev–Trinajstić information content (AvgIpc) is 2.38. The summed E-state index contributed by atoms with van der Waals surface area (Å²) >= 11 is 0. The Morgan fingerprint density at radius 2 is 1.72 bits per heavy atom. The van der Waals surface area contributed by atoms with E-state index in [1.54, 1.807) is 0 Å². The van der Waals surface area contributed by atoms with Crippen molar-refractivity contribution < 1.29 is 0 Å². The maximum atomic E-state index is 4.51. The Morgan fingerprint density at radius 1 is 1.00 bits per heavy atom. The summed E-state index contributed by atoms with van der Waals surface area (Å²) in [7, 11) is 0. The van der Waals surface area contributed by atoms with Crippen LogP contribution in [0.2, 0.25) is 0 Å². The smallest absolute Gasteiger partial charge is 0.0967 e. The molecular formula is C16H16N2. The predicted molar refractivity (Wildman–Crippen MR) is 75.6 cm³/mol. The van der Waals surface area contributed by atoms with Crippen LogP contribution in [0.25, 0.3) is 21.8 Å². The summed E-state index contributed by atoms with van der Waals surface area (Å²) in [4.78, 5) is 8.98. The monoisotopic (exact) mass is 236 g/mol. The highest BCUT2D eigenvalue weighted by Gasteiger charge is 2.09. The zero-order valence-corrected chi connectivity index (χ0v) is 10.7. The third-order valence-electron chi connectivity index (χ3n) is 3.17. The van der Waals surface area contributed by atoms with Crippen LogP contribution in [0, 0.1) is 5.92 Å². The van der Waals surface area contributed by atoms with Gasteiger partial charge in [0.05, 0.1) is 11.0 Å². The molecule has 0 fully saturated rings. The molecule has 1 aromatic carbocycles. The van der Waals surface area contributed by atoms with E-state index in [9.17, 15) is 0 Å². The molecule has 0 aliphatic heterocycles. The van der Waals surface area contributed by atoms with Crippen molar-refractivity contribution in [3.8, 4) is 0 Å². The molecule has 2 heterocycles. The third-order valence-corrected chi connectivity index (χ3v) is 3.17. The molecule has 0 aliphatic rings. The van der Waals surface area contributed by atoms with Crippen molar-refractivity contribution in [2.75, 3.05) is 0 Å². The van der Waals surface area contributed by atoms with Gasteiger partial charge in [0.15, 0.2) is 0 Å². The first-order chi connectivity index (χ1) is 8.75. The van der Waals surface area contributed by atoms with Gasteiger partial charge in [0.1, 0.15) is 0 Å². The van der Waals surface area contributed by atoms with Gasteiger partial charge in [0.25, 0.3) is 0 Å². The summed E-state index contributed by atoms with van der Waals surface area (Å²) in [6.45, 7) is 4.49. The molecule has 0 bridgehead atoms. The Hall–Kier alpha value is -1.96. The molecule has 90 valence electrons. The first-order valence-corrected chi connectivity index (χ1v) is 6.37. The van der Waals surface area contributed by atoms with Crippen molar-refractivity contribution in [3.63, 3.8) is 0 Å². The minimum atomic E-state index is 0.641. The maximum absolute atomic E-state index is 4.51. The zero-order chi connectivity index (χ0) is 12.5. The number of pyridine rings is 2. The maximum Gasteiger partial charge on any atom is 0.0967 e. The molecule has 0 atom stereocenters. The first-order valence-electron chi connectivity index (χ1n) is 6.37. The Balaban J connectivity index is 2.39. The normalized spacial score (nSPS) is 11.5. The van der Waals surface area contributed by atoms with Crippen molar-refractivity contribution in [2.45, 2.75) is 20.3 Å². The lowest BCUT2D eigenvalue weighted by Gasteiger charge is -2.10. The number of nitrogens with zero attached hydrogens (tertiary/aromatic N) is 2. The molecule has 2 aromatic heterocycles. The van der Waals surface area contributed by atoms with E-state index in [1.807, 2.05) is 24.5 Å². The van der Waals surface area contributed by atoms with E-state index in [1.165, 1.54) is 16.3 Å². The molecule has 18 heavy (non-hydrogen) atoms. The van der Waals surface area contributed by atoms with Crippen LogP contribution in [0.5, 0.6) is 0 Å². The number of hydrogen-bond donors (Lipinski definition) is 0. The molecule has 0 aliphatic carbocycles. The van der Waals surface area contributed by atoms with Gasteiger partial charge in [-0.25, -0.2) is 0 Å². The van der Waals surface area contributed by atoms with Gasteiger partial charge in [0, 0.05) is 23.2 Å². The molecule has 2 nitrogen and oxygen atoms in total. The molecule has 0 unspecified atom stereocenters. The van der Waals surface area contributed by atoms with Crippen molar-refractivity contribution in [3.05, 3.63) is 48.3 Å². The molecule has 2 heteroatoms. The second kappa shape index (κ2) is 4.37. The van der Waals surface area contributed by atoms with Gasteiger partial charge in [-0.15, -0.1) is 0 Å². The second-order valence-corrected chi connectivity index (χ2v) is 5.11. The minimum Gasteiger partial charge on any atom is -0.254 e. The van der Waals surface area contributed by atoms with Crippen LogP contribution >= 0.6 is 0 Å².